The fraction of sp³-hybridized carbons (Fsp3) is 0.462. The monoisotopic (exact) mass is 306 g/mol. The van der Waals surface area contributed by atoms with Crippen LogP contribution >= 0.6 is 12.4 Å². The zero-order chi connectivity index (χ0) is 13.8. The highest BCUT2D eigenvalue weighted by Gasteiger charge is 2.45. The maximum absolute atomic E-state index is 13.0. The molecule has 2 heterocycles. The summed E-state index contributed by atoms with van der Waals surface area (Å²) in [7, 11) is 0. The molecule has 7 heteroatoms. The summed E-state index contributed by atoms with van der Waals surface area (Å²) in [5.74, 6) is -0.499. The maximum Gasteiger partial charge on any atom is 0.417 e. The Labute approximate surface area is 120 Å². The van der Waals surface area contributed by atoms with Gasteiger partial charge in [0.25, 0.3) is 5.91 Å². The molecule has 0 unspecified atom stereocenters. The van der Waals surface area contributed by atoms with Crippen LogP contribution < -0.4 is 5.32 Å². The topological polar surface area (TPSA) is 32.3 Å². The molecule has 1 fully saturated rings. The molecule has 3 nitrogen and oxygen atoms in total. The zero-order valence-electron chi connectivity index (χ0n) is 10.7. The van der Waals surface area contributed by atoms with Gasteiger partial charge in [0.1, 0.15) is 0 Å². The van der Waals surface area contributed by atoms with Crippen LogP contribution in [-0.2, 0) is 6.18 Å². The highest BCUT2D eigenvalue weighted by molar-refractivity contribution is 6.01. The first-order chi connectivity index (χ1) is 8.89. The molecule has 2 aliphatic heterocycles. The van der Waals surface area contributed by atoms with Crippen molar-refractivity contribution in [1.82, 2.24) is 10.2 Å². The van der Waals surface area contributed by atoms with Crippen molar-refractivity contribution in [2.75, 3.05) is 13.1 Å². The Morgan fingerprint density at radius 3 is 2.70 bits per heavy atom. The molecule has 1 N–H and O–H groups in total. The maximum atomic E-state index is 13.0. The smallest absolute Gasteiger partial charge is 0.329 e. The van der Waals surface area contributed by atoms with Crippen molar-refractivity contribution in [3.05, 3.63) is 34.9 Å². The van der Waals surface area contributed by atoms with E-state index in [0.717, 1.165) is 6.07 Å². The van der Waals surface area contributed by atoms with Crippen molar-refractivity contribution in [2.45, 2.75) is 25.2 Å². The van der Waals surface area contributed by atoms with E-state index >= 15 is 0 Å². The number of rotatable bonds is 0. The molecule has 2 aliphatic rings. The van der Waals surface area contributed by atoms with Gasteiger partial charge in [-0.3, -0.25) is 4.79 Å². The number of fused-ring (bicyclic) bond motifs is 3. The van der Waals surface area contributed by atoms with Crippen LogP contribution in [0.1, 0.15) is 34.5 Å². The number of carbonyl (C=O) groups excluding carboxylic acids is 1. The number of piperazine rings is 1. The number of benzene rings is 1. The zero-order valence-corrected chi connectivity index (χ0v) is 11.5. The number of hydrogen-bond acceptors (Lipinski definition) is 2. The molecule has 1 amide bonds. The van der Waals surface area contributed by atoms with Crippen molar-refractivity contribution in [3.8, 4) is 0 Å². The van der Waals surface area contributed by atoms with Crippen LogP contribution in [0, 0.1) is 0 Å². The summed E-state index contributed by atoms with van der Waals surface area (Å²) < 4.78 is 39.0. The van der Waals surface area contributed by atoms with E-state index in [1.165, 1.54) is 6.07 Å². The third-order valence-corrected chi connectivity index (χ3v) is 3.74. The molecule has 1 aromatic rings. The summed E-state index contributed by atoms with van der Waals surface area (Å²) in [6.45, 7) is 2.86. The van der Waals surface area contributed by atoms with Gasteiger partial charge in [-0.2, -0.15) is 13.2 Å². The Morgan fingerprint density at radius 2 is 2.05 bits per heavy atom. The summed E-state index contributed by atoms with van der Waals surface area (Å²) in [6.07, 6.45) is -4.49. The third-order valence-electron chi connectivity index (χ3n) is 3.74. The molecule has 2 atom stereocenters. The summed E-state index contributed by atoms with van der Waals surface area (Å²) in [4.78, 5) is 13.8. The molecular weight excluding hydrogens is 293 g/mol. The van der Waals surface area contributed by atoms with Crippen LogP contribution in [0.4, 0.5) is 13.2 Å². The molecule has 1 aromatic carbocycles. The lowest BCUT2D eigenvalue weighted by Crippen LogP contribution is -2.50. The SMILES string of the molecule is C[C@@H]1CN2C(=O)c3c(cccc3C(F)(F)F)[C@@H]2CN1.Cl. The van der Waals surface area contributed by atoms with Crippen molar-refractivity contribution < 1.29 is 18.0 Å². The Bertz CT molecular complexity index is 547. The average molecular weight is 307 g/mol. The van der Waals surface area contributed by atoms with Crippen LogP contribution in [0.2, 0.25) is 0 Å². The summed E-state index contributed by atoms with van der Waals surface area (Å²) in [5.41, 5.74) is -0.507. The van der Waals surface area contributed by atoms with Gasteiger partial charge in [0.15, 0.2) is 0 Å². The highest BCUT2D eigenvalue weighted by Crippen LogP contribution is 2.42. The molecule has 0 bridgehead atoms. The molecule has 1 saturated heterocycles. The van der Waals surface area contributed by atoms with Gasteiger partial charge in [0, 0.05) is 19.1 Å². The van der Waals surface area contributed by atoms with E-state index < -0.39 is 17.6 Å². The fourth-order valence-electron chi connectivity index (χ4n) is 2.88. The van der Waals surface area contributed by atoms with Crippen molar-refractivity contribution in [1.29, 1.82) is 0 Å². The first-order valence-corrected chi connectivity index (χ1v) is 6.14. The highest BCUT2D eigenvalue weighted by atomic mass is 35.5. The number of amides is 1. The quantitative estimate of drug-likeness (QED) is 0.799. The molecule has 20 heavy (non-hydrogen) atoms. The summed E-state index contributed by atoms with van der Waals surface area (Å²) in [6, 6.07) is 3.79. The van der Waals surface area contributed by atoms with Gasteiger partial charge in [-0.05, 0) is 18.6 Å². The Hall–Kier alpha value is -1.27. The van der Waals surface area contributed by atoms with Crippen LogP contribution in [0.5, 0.6) is 0 Å². The minimum atomic E-state index is -4.49. The van der Waals surface area contributed by atoms with E-state index in [-0.39, 0.29) is 30.1 Å². The largest absolute Gasteiger partial charge is 0.417 e. The fourth-order valence-corrected chi connectivity index (χ4v) is 2.88. The van der Waals surface area contributed by atoms with Gasteiger partial charge in [0.05, 0.1) is 17.2 Å². The number of alkyl halides is 3. The van der Waals surface area contributed by atoms with Gasteiger partial charge >= 0.3 is 6.18 Å². The number of hydrogen-bond donors (Lipinski definition) is 1. The van der Waals surface area contributed by atoms with Crippen molar-refractivity contribution >= 4 is 18.3 Å². The Morgan fingerprint density at radius 1 is 1.35 bits per heavy atom. The van der Waals surface area contributed by atoms with E-state index in [9.17, 15) is 18.0 Å². The van der Waals surface area contributed by atoms with Crippen LogP contribution in [0.15, 0.2) is 18.2 Å². The first-order valence-electron chi connectivity index (χ1n) is 6.14. The Balaban J connectivity index is 0.00000147. The van der Waals surface area contributed by atoms with Crippen LogP contribution in [0.25, 0.3) is 0 Å². The number of nitrogens with one attached hydrogen (secondary N) is 1. The summed E-state index contributed by atoms with van der Waals surface area (Å²) >= 11 is 0. The molecule has 0 spiro atoms. The van der Waals surface area contributed by atoms with E-state index in [4.69, 9.17) is 0 Å². The predicted octanol–water partition coefficient (Wildman–Crippen LogP) is 2.62. The van der Waals surface area contributed by atoms with E-state index in [1.54, 1.807) is 11.0 Å². The lowest BCUT2D eigenvalue weighted by atomic mass is 9.98. The molecule has 110 valence electrons. The van der Waals surface area contributed by atoms with E-state index in [2.05, 4.69) is 5.32 Å². The second-order valence-corrected chi connectivity index (χ2v) is 5.05. The average Bonchev–Trinajstić information content (AvgIpc) is 2.62. The number of nitrogens with zero attached hydrogens (tertiary/aromatic N) is 1. The lowest BCUT2D eigenvalue weighted by molar-refractivity contribution is -0.137. The molecular formula is C13H14ClF3N2O. The second-order valence-electron chi connectivity index (χ2n) is 5.05. The molecule has 0 saturated carbocycles. The number of halogens is 4. The predicted molar refractivity (Wildman–Crippen MR) is 69.9 cm³/mol. The van der Waals surface area contributed by atoms with E-state index in [0.29, 0.717) is 18.7 Å². The normalized spacial score (nSPS) is 25.0. The first kappa shape index (κ1) is 15.1. The van der Waals surface area contributed by atoms with Gasteiger partial charge in [-0.25, -0.2) is 0 Å². The van der Waals surface area contributed by atoms with Crippen molar-refractivity contribution in [2.24, 2.45) is 0 Å². The minimum Gasteiger partial charge on any atom is -0.329 e. The minimum absolute atomic E-state index is 0. The van der Waals surface area contributed by atoms with Crippen molar-refractivity contribution in [3.63, 3.8) is 0 Å². The van der Waals surface area contributed by atoms with Crippen LogP contribution in [0.3, 0.4) is 0 Å². The molecule has 3 rings (SSSR count). The standard InChI is InChI=1S/C13H13F3N2O.ClH/c1-7-6-18-10(5-17-7)8-3-2-4-9(13(14,15)16)11(8)12(18)19;/h2-4,7,10,17H,5-6H2,1H3;1H/t7-,10+;/m1./s1. The van der Waals surface area contributed by atoms with Gasteiger partial charge in [-0.1, -0.05) is 12.1 Å². The summed E-state index contributed by atoms with van der Waals surface area (Å²) in [5, 5.41) is 3.20. The third kappa shape index (κ3) is 2.16. The second kappa shape index (κ2) is 4.93. The van der Waals surface area contributed by atoms with Gasteiger partial charge in [0.2, 0.25) is 0 Å². The molecule has 0 aliphatic carbocycles. The Kier molecular flexibility index (Phi) is 3.73. The molecule has 0 aromatic heterocycles. The number of carbonyl (C=O) groups is 1. The van der Waals surface area contributed by atoms with Gasteiger partial charge in [-0.15, -0.1) is 12.4 Å². The lowest BCUT2D eigenvalue weighted by Gasteiger charge is -2.34. The molecule has 0 radical (unpaired) electrons. The van der Waals surface area contributed by atoms with Crippen LogP contribution in [-0.4, -0.2) is 29.9 Å². The van der Waals surface area contributed by atoms with E-state index in [1.807, 2.05) is 6.92 Å². The van der Waals surface area contributed by atoms with Gasteiger partial charge < -0.3 is 10.2 Å².